The van der Waals surface area contributed by atoms with Gasteiger partial charge in [-0.2, -0.15) is 4.98 Å². The highest BCUT2D eigenvalue weighted by molar-refractivity contribution is 6.20. The fourth-order valence-corrected chi connectivity index (χ4v) is 1.94. The Balaban J connectivity index is 2.71. The van der Waals surface area contributed by atoms with Crippen LogP contribution in [0, 0.1) is 6.92 Å². The van der Waals surface area contributed by atoms with Crippen LogP contribution in [0.4, 0.5) is 0 Å². The maximum Gasteiger partial charge on any atom is 0.216 e. The minimum atomic E-state index is 0.147. The Labute approximate surface area is 102 Å². The van der Waals surface area contributed by atoms with Crippen molar-refractivity contribution in [3.8, 4) is 5.88 Å². The normalized spacial score (nSPS) is 12.5. The zero-order valence-electron chi connectivity index (χ0n) is 10.2. The summed E-state index contributed by atoms with van der Waals surface area (Å²) < 4.78 is 5.37. The molecule has 1 rings (SSSR count). The number of aromatic nitrogens is 2. The lowest BCUT2D eigenvalue weighted by Gasteiger charge is -2.09. The molecule has 4 heteroatoms. The maximum absolute atomic E-state index is 6.20. The third-order valence-corrected chi connectivity index (χ3v) is 2.56. The van der Waals surface area contributed by atoms with E-state index in [1.54, 1.807) is 0 Å². The molecule has 0 bridgehead atoms. The molecule has 1 aromatic heterocycles. The molecule has 90 valence electrons. The average molecular weight is 243 g/mol. The lowest BCUT2D eigenvalue weighted by Crippen LogP contribution is -2.07. The zero-order chi connectivity index (χ0) is 12.0. The first-order valence-electron chi connectivity index (χ1n) is 5.77. The Kier molecular flexibility index (Phi) is 5.53. The molecule has 16 heavy (non-hydrogen) atoms. The Hall–Kier alpha value is -0.830. The number of alkyl halides is 1. The van der Waals surface area contributed by atoms with Gasteiger partial charge in [-0.25, -0.2) is 4.98 Å². The summed E-state index contributed by atoms with van der Waals surface area (Å²) >= 11 is 6.20. The molecule has 0 aliphatic heterocycles. The molecule has 1 unspecified atom stereocenters. The molecule has 0 saturated carbocycles. The van der Waals surface area contributed by atoms with Crippen molar-refractivity contribution in [2.45, 2.75) is 45.4 Å². The van der Waals surface area contributed by atoms with E-state index in [0.717, 1.165) is 30.8 Å². The Bertz CT molecular complexity index is 331. The summed E-state index contributed by atoms with van der Waals surface area (Å²) in [4.78, 5) is 8.56. The second kappa shape index (κ2) is 6.69. The molecule has 0 spiro atoms. The van der Waals surface area contributed by atoms with E-state index in [0.29, 0.717) is 12.5 Å². The molecule has 1 heterocycles. The molecule has 1 aromatic rings. The summed E-state index contributed by atoms with van der Waals surface area (Å²) in [5, 5.41) is 0.147. The van der Waals surface area contributed by atoms with Crippen molar-refractivity contribution in [2.24, 2.45) is 0 Å². The van der Waals surface area contributed by atoms with Gasteiger partial charge in [-0.15, -0.1) is 11.6 Å². The first-order chi connectivity index (χ1) is 7.65. The Morgan fingerprint density at radius 2 is 2.12 bits per heavy atom. The molecule has 0 aliphatic rings. The van der Waals surface area contributed by atoms with Crippen molar-refractivity contribution in [1.82, 2.24) is 9.97 Å². The third kappa shape index (κ3) is 4.35. The minimum Gasteiger partial charge on any atom is -0.478 e. The number of nitrogens with zero attached hydrogens (tertiary/aromatic N) is 2. The summed E-state index contributed by atoms with van der Waals surface area (Å²) in [6.45, 7) is 6.56. The fourth-order valence-electron chi connectivity index (χ4n) is 1.57. The van der Waals surface area contributed by atoms with Gasteiger partial charge in [0.1, 0.15) is 5.82 Å². The molecule has 0 amide bonds. The van der Waals surface area contributed by atoms with E-state index in [4.69, 9.17) is 16.3 Å². The number of rotatable bonds is 6. The van der Waals surface area contributed by atoms with Crippen LogP contribution in [0.3, 0.4) is 0 Å². The van der Waals surface area contributed by atoms with Gasteiger partial charge in [0, 0.05) is 23.6 Å². The van der Waals surface area contributed by atoms with E-state index in [-0.39, 0.29) is 5.38 Å². The van der Waals surface area contributed by atoms with E-state index in [2.05, 4.69) is 16.9 Å². The molecule has 0 saturated heterocycles. The second-order valence-electron chi connectivity index (χ2n) is 3.77. The quantitative estimate of drug-likeness (QED) is 0.719. The standard InChI is InChI=1S/C12H19ClN2O/c1-4-6-10(13)7-11-8-12(16-5-2)15-9(3)14-11/h8,10H,4-7H2,1-3H3. The highest BCUT2D eigenvalue weighted by Gasteiger charge is 2.08. The van der Waals surface area contributed by atoms with Crippen molar-refractivity contribution in [3.05, 3.63) is 17.6 Å². The molecular formula is C12H19ClN2O. The van der Waals surface area contributed by atoms with Crippen molar-refractivity contribution >= 4 is 11.6 Å². The van der Waals surface area contributed by atoms with E-state index >= 15 is 0 Å². The summed E-state index contributed by atoms with van der Waals surface area (Å²) in [6.07, 6.45) is 2.88. The third-order valence-electron chi connectivity index (χ3n) is 2.19. The number of hydrogen-bond acceptors (Lipinski definition) is 3. The van der Waals surface area contributed by atoms with Gasteiger partial charge in [-0.1, -0.05) is 13.3 Å². The van der Waals surface area contributed by atoms with Crippen molar-refractivity contribution in [2.75, 3.05) is 6.61 Å². The monoisotopic (exact) mass is 242 g/mol. The van der Waals surface area contributed by atoms with Gasteiger partial charge < -0.3 is 4.74 Å². The van der Waals surface area contributed by atoms with Gasteiger partial charge in [0.25, 0.3) is 0 Å². The lowest BCUT2D eigenvalue weighted by molar-refractivity contribution is 0.324. The van der Waals surface area contributed by atoms with Crippen LogP contribution in [0.1, 0.15) is 38.2 Å². The van der Waals surface area contributed by atoms with Crippen LogP contribution >= 0.6 is 11.6 Å². The topological polar surface area (TPSA) is 35.0 Å². The number of ether oxygens (including phenoxy) is 1. The Morgan fingerprint density at radius 1 is 1.38 bits per heavy atom. The van der Waals surface area contributed by atoms with E-state index in [1.165, 1.54) is 0 Å². The predicted molar refractivity (Wildman–Crippen MR) is 66.2 cm³/mol. The SMILES string of the molecule is CCCC(Cl)Cc1cc(OCC)nc(C)n1. The van der Waals surface area contributed by atoms with Crippen LogP contribution in [-0.4, -0.2) is 22.0 Å². The van der Waals surface area contributed by atoms with Gasteiger partial charge in [-0.3, -0.25) is 0 Å². The number of hydrogen-bond donors (Lipinski definition) is 0. The van der Waals surface area contributed by atoms with Crippen LogP contribution < -0.4 is 4.74 Å². The molecule has 0 aliphatic carbocycles. The summed E-state index contributed by atoms with van der Waals surface area (Å²) in [5.41, 5.74) is 0.962. The van der Waals surface area contributed by atoms with Crippen LogP contribution in [0.5, 0.6) is 5.88 Å². The Morgan fingerprint density at radius 3 is 2.75 bits per heavy atom. The van der Waals surface area contributed by atoms with Crippen LogP contribution in [0.25, 0.3) is 0 Å². The molecule has 3 nitrogen and oxygen atoms in total. The summed E-state index contributed by atoms with van der Waals surface area (Å²) in [7, 11) is 0. The van der Waals surface area contributed by atoms with E-state index in [9.17, 15) is 0 Å². The van der Waals surface area contributed by atoms with Crippen molar-refractivity contribution in [3.63, 3.8) is 0 Å². The van der Waals surface area contributed by atoms with E-state index < -0.39 is 0 Å². The fraction of sp³-hybridized carbons (Fsp3) is 0.667. The van der Waals surface area contributed by atoms with Crippen LogP contribution in [-0.2, 0) is 6.42 Å². The molecule has 0 radical (unpaired) electrons. The smallest absolute Gasteiger partial charge is 0.216 e. The van der Waals surface area contributed by atoms with Gasteiger partial charge in [0.05, 0.1) is 6.61 Å². The van der Waals surface area contributed by atoms with Gasteiger partial charge in [0.2, 0.25) is 5.88 Å². The molecule has 1 atom stereocenters. The zero-order valence-corrected chi connectivity index (χ0v) is 10.9. The average Bonchev–Trinajstić information content (AvgIpc) is 2.17. The molecule has 0 fully saturated rings. The van der Waals surface area contributed by atoms with Gasteiger partial charge in [0.15, 0.2) is 0 Å². The van der Waals surface area contributed by atoms with Gasteiger partial charge >= 0.3 is 0 Å². The van der Waals surface area contributed by atoms with E-state index in [1.807, 2.05) is 19.9 Å². The summed E-state index contributed by atoms with van der Waals surface area (Å²) in [6, 6.07) is 1.88. The van der Waals surface area contributed by atoms with Crippen molar-refractivity contribution in [1.29, 1.82) is 0 Å². The van der Waals surface area contributed by atoms with Crippen LogP contribution in [0.2, 0.25) is 0 Å². The molecular weight excluding hydrogens is 224 g/mol. The minimum absolute atomic E-state index is 0.147. The predicted octanol–water partition coefficient (Wildman–Crippen LogP) is 3.13. The lowest BCUT2D eigenvalue weighted by atomic mass is 10.1. The number of halogens is 1. The van der Waals surface area contributed by atoms with Crippen LogP contribution in [0.15, 0.2) is 6.07 Å². The van der Waals surface area contributed by atoms with Gasteiger partial charge in [-0.05, 0) is 20.3 Å². The highest BCUT2D eigenvalue weighted by Crippen LogP contribution is 2.15. The second-order valence-corrected chi connectivity index (χ2v) is 4.39. The summed E-state index contributed by atoms with van der Waals surface area (Å²) in [5.74, 6) is 1.38. The first kappa shape index (κ1) is 13.2. The first-order valence-corrected chi connectivity index (χ1v) is 6.20. The largest absolute Gasteiger partial charge is 0.478 e. The highest BCUT2D eigenvalue weighted by atomic mass is 35.5. The molecule has 0 aromatic carbocycles. The maximum atomic E-state index is 6.20. The molecule has 0 N–H and O–H groups in total. The number of aryl methyl sites for hydroxylation is 1. The van der Waals surface area contributed by atoms with Crippen molar-refractivity contribution < 1.29 is 4.74 Å².